The molecule has 0 amide bonds. The molecule has 3 nitrogen and oxygen atoms in total. The van der Waals surface area contributed by atoms with Crippen LogP contribution in [0, 0.1) is 0 Å². The highest BCUT2D eigenvalue weighted by Crippen LogP contribution is 2.22. The van der Waals surface area contributed by atoms with Crippen molar-refractivity contribution >= 4 is 11.8 Å². The van der Waals surface area contributed by atoms with Crippen molar-refractivity contribution in [2.75, 3.05) is 13.3 Å². The number of thioether (sulfide) groups is 1. The van der Waals surface area contributed by atoms with Gasteiger partial charge in [-0.1, -0.05) is 12.1 Å². The van der Waals surface area contributed by atoms with Gasteiger partial charge in [-0.15, -0.1) is 11.8 Å². The lowest BCUT2D eigenvalue weighted by molar-refractivity contribution is 0.666. The topological polar surface area (TPSA) is 37.8 Å². The summed E-state index contributed by atoms with van der Waals surface area (Å²) in [5.41, 5.74) is 2.14. The van der Waals surface area contributed by atoms with E-state index in [1.54, 1.807) is 30.4 Å². The predicted molar refractivity (Wildman–Crippen MR) is 71.2 cm³/mol. The average molecular weight is 245 g/mol. The number of aromatic nitrogens is 2. The van der Waals surface area contributed by atoms with Crippen LogP contribution in [0.3, 0.4) is 0 Å². The van der Waals surface area contributed by atoms with Crippen molar-refractivity contribution in [2.45, 2.75) is 10.9 Å². The molecule has 0 fully saturated rings. The fourth-order valence-electron chi connectivity index (χ4n) is 1.74. The number of nitrogens with zero attached hydrogens (tertiary/aromatic N) is 2. The zero-order valence-corrected chi connectivity index (χ0v) is 10.7. The van der Waals surface area contributed by atoms with Crippen LogP contribution in [0.1, 0.15) is 17.3 Å². The highest BCUT2D eigenvalue weighted by Gasteiger charge is 2.12. The van der Waals surface area contributed by atoms with E-state index in [9.17, 15) is 0 Å². The minimum Gasteiger partial charge on any atom is -0.308 e. The SMILES string of the molecule is CNC(c1ccc(SC)cc1)c1cnccn1. The molecule has 0 aliphatic rings. The molecule has 0 radical (unpaired) electrons. The Bertz CT molecular complexity index is 456. The third kappa shape index (κ3) is 2.84. The second-order valence-corrected chi connectivity index (χ2v) is 4.50. The van der Waals surface area contributed by atoms with Gasteiger partial charge in [0.15, 0.2) is 0 Å². The van der Waals surface area contributed by atoms with Crippen LogP contribution in [0.4, 0.5) is 0 Å². The lowest BCUT2D eigenvalue weighted by Crippen LogP contribution is -2.18. The molecule has 88 valence electrons. The number of hydrogen-bond donors (Lipinski definition) is 1. The molecule has 0 saturated heterocycles. The van der Waals surface area contributed by atoms with Crippen LogP contribution in [0.15, 0.2) is 47.8 Å². The third-order valence-corrected chi connectivity index (χ3v) is 3.36. The number of benzene rings is 1. The maximum absolute atomic E-state index is 4.34. The maximum atomic E-state index is 4.34. The highest BCUT2D eigenvalue weighted by atomic mass is 32.2. The summed E-state index contributed by atoms with van der Waals surface area (Å²) in [6.45, 7) is 0. The summed E-state index contributed by atoms with van der Waals surface area (Å²) in [5, 5.41) is 3.26. The first-order valence-corrected chi connectivity index (χ1v) is 6.64. The molecular weight excluding hydrogens is 230 g/mol. The zero-order chi connectivity index (χ0) is 12.1. The minimum atomic E-state index is 0.0969. The summed E-state index contributed by atoms with van der Waals surface area (Å²) < 4.78 is 0. The highest BCUT2D eigenvalue weighted by molar-refractivity contribution is 7.98. The van der Waals surface area contributed by atoms with Crippen LogP contribution < -0.4 is 5.32 Å². The molecule has 1 aromatic carbocycles. The summed E-state index contributed by atoms with van der Waals surface area (Å²) in [4.78, 5) is 9.71. The molecule has 4 heteroatoms. The molecular formula is C13H15N3S. The van der Waals surface area contributed by atoms with E-state index in [-0.39, 0.29) is 6.04 Å². The summed E-state index contributed by atoms with van der Waals surface area (Å²) in [6.07, 6.45) is 7.28. The monoisotopic (exact) mass is 245 g/mol. The molecule has 0 spiro atoms. The minimum absolute atomic E-state index is 0.0969. The van der Waals surface area contributed by atoms with Crippen LogP contribution in [0.25, 0.3) is 0 Å². The van der Waals surface area contributed by atoms with E-state index in [2.05, 4.69) is 45.8 Å². The van der Waals surface area contributed by atoms with Crippen molar-refractivity contribution in [3.05, 3.63) is 54.1 Å². The zero-order valence-electron chi connectivity index (χ0n) is 9.92. The second-order valence-electron chi connectivity index (χ2n) is 3.63. The van der Waals surface area contributed by atoms with Gasteiger partial charge in [-0.05, 0) is 31.0 Å². The number of rotatable bonds is 4. The van der Waals surface area contributed by atoms with Crippen LogP contribution in [0.2, 0.25) is 0 Å². The van der Waals surface area contributed by atoms with E-state index in [1.807, 2.05) is 7.05 Å². The van der Waals surface area contributed by atoms with Gasteiger partial charge in [-0.3, -0.25) is 9.97 Å². The van der Waals surface area contributed by atoms with Crippen molar-refractivity contribution < 1.29 is 0 Å². The molecule has 0 saturated carbocycles. The first-order valence-electron chi connectivity index (χ1n) is 5.42. The van der Waals surface area contributed by atoms with Gasteiger partial charge >= 0.3 is 0 Å². The third-order valence-electron chi connectivity index (χ3n) is 2.62. The summed E-state index contributed by atoms with van der Waals surface area (Å²) in [5.74, 6) is 0. The standard InChI is InChI=1S/C13H15N3S/c1-14-13(12-9-15-7-8-16-12)10-3-5-11(17-2)6-4-10/h3-9,13-14H,1-2H3. The van der Waals surface area contributed by atoms with Crippen LogP contribution >= 0.6 is 11.8 Å². The lowest BCUT2D eigenvalue weighted by atomic mass is 10.0. The Labute approximate surface area is 106 Å². The Hall–Kier alpha value is -1.39. The van der Waals surface area contributed by atoms with E-state index in [4.69, 9.17) is 0 Å². The molecule has 1 unspecified atom stereocenters. The molecule has 0 bridgehead atoms. The van der Waals surface area contributed by atoms with Crippen LogP contribution in [0.5, 0.6) is 0 Å². The van der Waals surface area contributed by atoms with Gasteiger partial charge in [0, 0.05) is 17.3 Å². The van der Waals surface area contributed by atoms with E-state index in [0.29, 0.717) is 0 Å². The van der Waals surface area contributed by atoms with Gasteiger partial charge < -0.3 is 5.32 Å². The van der Waals surface area contributed by atoms with Crippen LogP contribution in [-0.2, 0) is 0 Å². The van der Waals surface area contributed by atoms with E-state index < -0.39 is 0 Å². The maximum Gasteiger partial charge on any atom is 0.0801 e. The lowest BCUT2D eigenvalue weighted by Gasteiger charge is -2.15. The Morgan fingerprint density at radius 1 is 1.18 bits per heavy atom. The van der Waals surface area contributed by atoms with Gasteiger partial charge in [0.05, 0.1) is 17.9 Å². The van der Waals surface area contributed by atoms with Crippen LogP contribution in [-0.4, -0.2) is 23.3 Å². The summed E-state index contributed by atoms with van der Waals surface area (Å²) >= 11 is 1.74. The predicted octanol–water partition coefficient (Wildman–Crippen LogP) is 2.51. The van der Waals surface area contributed by atoms with E-state index in [1.165, 1.54) is 10.5 Å². The summed E-state index contributed by atoms with van der Waals surface area (Å²) in [6, 6.07) is 8.60. The first kappa shape index (κ1) is 12.1. The quantitative estimate of drug-likeness (QED) is 0.840. The second kappa shape index (κ2) is 5.80. The van der Waals surface area contributed by atoms with Crippen molar-refractivity contribution in [3.63, 3.8) is 0 Å². The molecule has 1 atom stereocenters. The smallest absolute Gasteiger partial charge is 0.0801 e. The fraction of sp³-hybridized carbons (Fsp3) is 0.231. The largest absolute Gasteiger partial charge is 0.308 e. The van der Waals surface area contributed by atoms with Gasteiger partial charge in [-0.25, -0.2) is 0 Å². The Balaban J connectivity index is 2.29. The Morgan fingerprint density at radius 3 is 2.47 bits per heavy atom. The molecule has 1 heterocycles. The Kier molecular flexibility index (Phi) is 4.12. The molecule has 0 aliphatic carbocycles. The molecule has 2 rings (SSSR count). The normalized spacial score (nSPS) is 12.4. The summed E-state index contributed by atoms with van der Waals surface area (Å²) in [7, 11) is 1.93. The molecule has 17 heavy (non-hydrogen) atoms. The van der Waals surface area contributed by atoms with E-state index >= 15 is 0 Å². The van der Waals surface area contributed by atoms with Crippen molar-refractivity contribution in [1.82, 2.24) is 15.3 Å². The van der Waals surface area contributed by atoms with Gasteiger partial charge in [-0.2, -0.15) is 0 Å². The Morgan fingerprint density at radius 2 is 1.94 bits per heavy atom. The molecule has 1 aromatic heterocycles. The number of nitrogens with one attached hydrogen (secondary N) is 1. The average Bonchev–Trinajstić information content (AvgIpc) is 2.42. The molecule has 0 aliphatic heterocycles. The van der Waals surface area contributed by atoms with Crippen molar-refractivity contribution in [1.29, 1.82) is 0 Å². The first-order chi connectivity index (χ1) is 8.35. The molecule has 2 aromatic rings. The molecule has 1 N–H and O–H groups in total. The fourth-order valence-corrected chi connectivity index (χ4v) is 2.15. The van der Waals surface area contributed by atoms with Gasteiger partial charge in [0.2, 0.25) is 0 Å². The van der Waals surface area contributed by atoms with E-state index in [0.717, 1.165) is 5.69 Å². The van der Waals surface area contributed by atoms with Crippen molar-refractivity contribution in [2.24, 2.45) is 0 Å². The number of hydrogen-bond acceptors (Lipinski definition) is 4. The van der Waals surface area contributed by atoms with Gasteiger partial charge in [0.25, 0.3) is 0 Å². The van der Waals surface area contributed by atoms with Crippen molar-refractivity contribution in [3.8, 4) is 0 Å². The van der Waals surface area contributed by atoms with Gasteiger partial charge in [0.1, 0.15) is 0 Å².